The van der Waals surface area contributed by atoms with Gasteiger partial charge in [0, 0.05) is 0 Å². The van der Waals surface area contributed by atoms with E-state index in [0.29, 0.717) is 12.3 Å². The zero-order valence-electron chi connectivity index (χ0n) is 10.5. The van der Waals surface area contributed by atoms with Crippen LogP contribution in [0.3, 0.4) is 0 Å². The summed E-state index contributed by atoms with van der Waals surface area (Å²) in [5.74, 6) is 0.448. The van der Waals surface area contributed by atoms with Crippen molar-refractivity contribution in [2.75, 3.05) is 0 Å². The predicted octanol–water partition coefficient (Wildman–Crippen LogP) is 2.58. The summed E-state index contributed by atoms with van der Waals surface area (Å²) in [5, 5.41) is 19.4. The molecule has 2 atom stereocenters. The van der Waals surface area contributed by atoms with E-state index < -0.39 is 11.7 Å². The summed E-state index contributed by atoms with van der Waals surface area (Å²) in [6.07, 6.45) is 1.08. The monoisotopic (exact) mass is 202 g/mol. The molecule has 2 heteroatoms. The summed E-state index contributed by atoms with van der Waals surface area (Å²) in [6.45, 7) is 12.0. The van der Waals surface area contributed by atoms with Crippen molar-refractivity contribution in [1.29, 1.82) is 0 Å². The van der Waals surface area contributed by atoms with E-state index in [4.69, 9.17) is 0 Å². The molecule has 0 radical (unpaired) electrons. The van der Waals surface area contributed by atoms with E-state index in [1.165, 1.54) is 0 Å². The van der Waals surface area contributed by atoms with Gasteiger partial charge in [-0.1, -0.05) is 34.1 Å². The van der Waals surface area contributed by atoms with E-state index in [9.17, 15) is 10.2 Å². The molecule has 0 saturated heterocycles. The molecule has 0 bridgehead atoms. The van der Waals surface area contributed by atoms with E-state index in [0.717, 1.165) is 6.42 Å². The highest BCUT2D eigenvalue weighted by atomic mass is 16.3. The van der Waals surface area contributed by atoms with Crippen molar-refractivity contribution < 1.29 is 10.2 Å². The molecule has 0 aromatic heterocycles. The van der Waals surface area contributed by atoms with Crippen LogP contribution in [0.4, 0.5) is 0 Å². The smallest absolute Gasteiger partial charge is 0.0849 e. The van der Waals surface area contributed by atoms with Gasteiger partial charge >= 0.3 is 0 Å². The lowest BCUT2D eigenvalue weighted by atomic mass is 9.74. The van der Waals surface area contributed by atoms with Gasteiger partial charge in [-0.3, -0.25) is 0 Å². The fraction of sp³-hybridized carbons (Fsp3) is 1.00. The average Bonchev–Trinajstić information content (AvgIpc) is 1.95. The van der Waals surface area contributed by atoms with Crippen LogP contribution >= 0.6 is 0 Å². The molecule has 14 heavy (non-hydrogen) atoms. The summed E-state index contributed by atoms with van der Waals surface area (Å²) in [7, 11) is 0. The molecule has 0 fully saturated rings. The number of hydrogen-bond donors (Lipinski definition) is 2. The Kier molecular flexibility index (Phi) is 4.60. The lowest BCUT2D eigenvalue weighted by molar-refractivity contribution is -0.0654. The zero-order chi connectivity index (χ0) is 11.6. The molecule has 0 aromatic rings. The Hall–Kier alpha value is -0.0800. The van der Waals surface area contributed by atoms with Gasteiger partial charge in [0.15, 0.2) is 0 Å². The molecule has 86 valence electrons. The molecule has 0 aliphatic carbocycles. The van der Waals surface area contributed by atoms with Crippen molar-refractivity contribution in [2.24, 2.45) is 11.3 Å². The minimum absolute atomic E-state index is 0.195. The molecule has 2 nitrogen and oxygen atoms in total. The van der Waals surface area contributed by atoms with E-state index in [1.54, 1.807) is 13.8 Å². The van der Waals surface area contributed by atoms with Crippen LogP contribution in [-0.2, 0) is 0 Å². The van der Waals surface area contributed by atoms with Crippen LogP contribution in [0, 0.1) is 11.3 Å². The van der Waals surface area contributed by atoms with Crippen molar-refractivity contribution in [3.8, 4) is 0 Å². The summed E-state index contributed by atoms with van der Waals surface area (Å²) in [4.78, 5) is 0. The van der Waals surface area contributed by atoms with Gasteiger partial charge in [-0.2, -0.15) is 0 Å². The van der Waals surface area contributed by atoms with Gasteiger partial charge in [0.05, 0.1) is 11.7 Å². The van der Waals surface area contributed by atoms with E-state index >= 15 is 0 Å². The van der Waals surface area contributed by atoms with Gasteiger partial charge in [0.2, 0.25) is 0 Å². The highest BCUT2D eigenvalue weighted by Crippen LogP contribution is 2.33. The van der Waals surface area contributed by atoms with Gasteiger partial charge in [-0.15, -0.1) is 0 Å². The first-order valence-corrected chi connectivity index (χ1v) is 5.49. The standard InChI is InChI=1S/C12H26O2/c1-7-9(11(2,3)4)8-10(13)12(5,6)14/h9-10,13-14H,7-8H2,1-6H3. The average molecular weight is 202 g/mol. The maximum atomic E-state index is 9.80. The molecule has 2 N–H and O–H groups in total. The third-order valence-electron chi connectivity index (χ3n) is 3.04. The summed E-state index contributed by atoms with van der Waals surface area (Å²) < 4.78 is 0. The maximum absolute atomic E-state index is 9.80. The SMILES string of the molecule is CCC(CC(O)C(C)(C)O)C(C)(C)C. The van der Waals surface area contributed by atoms with Crippen LogP contribution in [0.25, 0.3) is 0 Å². The largest absolute Gasteiger partial charge is 0.390 e. The van der Waals surface area contributed by atoms with E-state index in [-0.39, 0.29) is 5.41 Å². The molecule has 0 aromatic carbocycles. The Morgan fingerprint density at radius 1 is 1.07 bits per heavy atom. The number of aliphatic hydroxyl groups excluding tert-OH is 1. The molecule has 0 rings (SSSR count). The number of aliphatic hydroxyl groups is 2. The summed E-state index contributed by atoms with van der Waals surface area (Å²) in [5.41, 5.74) is -0.792. The van der Waals surface area contributed by atoms with Gasteiger partial charge in [-0.25, -0.2) is 0 Å². The number of hydrogen-bond acceptors (Lipinski definition) is 2. The second-order valence-corrected chi connectivity index (χ2v) is 5.88. The maximum Gasteiger partial charge on any atom is 0.0849 e. The first-order chi connectivity index (χ1) is 6.09. The highest BCUT2D eigenvalue weighted by Gasteiger charge is 2.31. The quantitative estimate of drug-likeness (QED) is 0.735. The van der Waals surface area contributed by atoms with E-state index in [2.05, 4.69) is 27.7 Å². The second-order valence-electron chi connectivity index (χ2n) is 5.88. The van der Waals surface area contributed by atoms with Crippen molar-refractivity contribution in [2.45, 2.75) is 66.1 Å². The van der Waals surface area contributed by atoms with Gasteiger partial charge in [0.25, 0.3) is 0 Å². The lowest BCUT2D eigenvalue weighted by Gasteiger charge is -2.34. The highest BCUT2D eigenvalue weighted by molar-refractivity contribution is 4.82. The van der Waals surface area contributed by atoms with Crippen LogP contribution in [0.5, 0.6) is 0 Å². The van der Waals surface area contributed by atoms with Crippen LogP contribution in [0.1, 0.15) is 54.4 Å². The topological polar surface area (TPSA) is 40.5 Å². The predicted molar refractivity (Wildman–Crippen MR) is 60.2 cm³/mol. The van der Waals surface area contributed by atoms with Crippen molar-refractivity contribution in [1.82, 2.24) is 0 Å². The van der Waals surface area contributed by atoms with Crippen LogP contribution < -0.4 is 0 Å². The van der Waals surface area contributed by atoms with Crippen LogP contribution in [0.2, 0.25) is 0 Å². The van der Waals surface area contributed by atoms with Crippen LogP contribution in [0.15, 0.2) is 0 Å². The second kappa shape index (κ2) is 4.63. The van der Waals surface area contributed by atoms with Gasteiger partial charge in [-0.05, 0) is 31.6 Å². The molecule has 2 unspecified atom stereocenters. The Labute approximate surface area is 88.3 Å². The first-order valence-electron chi connectivity index (χ1n) is 5.49. The fourth-order valence-corrected chi connectivity index (χ4v) is 1.69. The Morgan fingerprint density at radius 2 is 1.50 bits per heavy atom. The Bertz CT molecular complexity index is 162. The van der Waals surface area contributed by atoms with Crippen molar-refractivity contribution >= 4 is 0 Å². The normalized spacial score (nSPS) is 18.0. The first kappa shape index (κ1) is 13.9. The third-order valence-corrected chi connectivity index (χ3v) is 3.04. The van der Waals surface area contributed by atoms with Gasteiger partial charge in [0.1, 0.15) is 0 Å². The minimum Gasteiger partial charge on any atom is -0.390 e. The summed E-state index contributed by atoms with van der Waals surface area (Å²) >= 11 is 0. The molecule has 0 amide bonds. The lowest BCUT2D eigenvalue weighted by Crippen LogP contribution is -2.39. The molecular formula is C12H26O2. The van der Waals surface area contributed by atoms with Crippen molar-refractivity contribution in [3.05, 3.63) is 0 Å². The molecule has 0 spiro atoms. The molecule has 0 aliphatic heterocycles. The number of rotatable bonds is 4. The third kappa shape index (κ3) is 4.43. The minimum atomic E-state index is -0.987. The van der Waals surface area contributed by atoms with E-state index in [1.807, 2.05) is 0 Å². The van der Waals surface area contributed by atoms with Crippen LogP contribution in [-0.4, -0.2) is 21.9 Å². The Balaban J connectivity index is 4.34. The summed E-state index contributed by atoms with van der Waals surface area (Å²) in [6, 6.07) is 0. The Morgan fingerprint density at radius 3 is 1.71 bits per heavy atom. The van der Waals surface area contributed by atoms with Crippen molar-refractivity contribution in [3.63, 3.8) is 0 Å². The molecule has 0 aliphatic rings. The molecule has 0 saturated carbocycles. The zero-order valence-corrected chi connectivity index (χ0v) is 10.5. The fourth-order valence-electron chi connectivity index (χ4n) is 1.69. The molecular weight excluding hydrogens is 176 g/mol. The van der Waals surface area contributed by atoms with Gasteiger partial charge < -0.3 is 10.2 Å². The molecule has 0 heterocycles.